The SMILES string of the molecule is CCCC(NC(=O)C1Cc2ccc3cc2CN1C(=O)[C@H](C1CCCCC1)NC(=O)CCCCCCO3)C(=O)C(N)=O. The Balaban J connectivity index is 1.69. The summed E-state index contributed by atoms with van der Waals surface area (Å²) >= 11 is 0. The predicted molar refractivity (Wildman–Crippen MR) is 153 cm³/mol. The number of primary amides is 1. The van der Waals surface area contributed by atoms with Crippen molar-refractivity contribution in [1.29, 1.82) is 0 Å². The summed E-state index contributed by atoms with van der Waals surface area (Å²) in [5.74, 6) is -2.20. The Morgan fingerprint density at radius 3 is 2.51 bits per heavy atom. The molecule has 1 saturated carbocycles. The lowest BCUT2D eigenvalue weighted by atomic mass is 9.82. The maximum absolute atomic E-state index is 14.4. The number of nitrogens with one attached hydrogen (secondary N) is 2. The molecule has 224 valence electrons. The molecule has 0 radical (unpaired) electrons. The molecule has 0 aromatic heterocycles. The van der Waals surface area contributed by atoms with E-state index in [9.17, 15) is 24.0 Å². The number of rotatable bonds is 7. The highest BCUT2D eigenvalue weighted by atomic mass is 16.5. The zero-order valence-corrected chi connectivity index (χ0v) is 24.1. The molecule has 4 N–H and O–H groups in total. The minimum atomic E-state index is -1.11. The fourth-order valence-electron chi connectivity index (χ4n) is 6.32. The summed E-state index contributed by atoms with van der Waals surface area (Å²) in [5.41, 5.74) is 7.05. The van der Waals surface area contributed by atoms with Crippen LogP contribution in [-0.4, -0.2) is 59.0 Å². The second-order valence-electron chi connectivity index (χ2n) is 11.7. The Labute approximate surface area is 242 Å². The molecule has 10 nitrogen and oxygen atoms in total. The second-order valence-corrected chi connectivity index (χ2v) is 11.7. The maximum Gasteiger partial charge on any atom is 0.287 e. The van der Waals surface area contributed by atoms with E-state index < -0.39 is 35.7 Å². The van der Waals surface area contributed by atoms with Crippen LogP contribution < -0.4 is 21.1 Å². The molecule has 1 aliphatic carbocycles. The van der Waals surface area contributed by atoms with Gasteiger partial charge in [-0.05, 0) is 61.3 Å². The van der Waals surface area contributed by atoms with Gasteiger partial charge in [0.25, 0.3) is 5.91 Å². The molecule has 0 saturated heterocycles. The van der Waals surface area contributed by atoms with Gasteiger partial charge >= 0.3 is 0 Å². The van der Waals surface area contributed by atoms with Crippen molar-refractivity contribution in [2.24, 2.45) is 11.7 Å². The van der Waals surface area contributed by atoms with Gasteiger partial charge in [-0.25, -0.2) is 0 Å². The number of nitrogens with zero attached hydrogens (tertiary/aromatic N) is 1. The highest BCUT2D eigenvalue weighted by Gasteiger charge is 2.42. The minimum absolute atomic E-state index is 0.0110. The summed E-state index contributed by atoms with van der Waals surface area (Å²) in [6.07, 6.45) is 9.64. The molecule has 4 rings (SSSR count). The number of fused-ring (bicyclic) bond motifs is 2. The van der Waals surface area contributed by atoms with Crippen LogP contribution in [0.5, 0.6) is 5.75 Å². The van der Waals surface area contributed by atoms with Crippen molar-refractivity contribution in [1.82, 2.24) is 15.5 Å². The Hall–Kier alpha value is -3.43. The fraction of sp³-hybridized carbons (Fsp3) is 0.645. The molecule has 3 atom stereocenters. The largest absolute Gasteiger partial charge is 0.494 e. The number of carbonyl (C=O) groups is 5. The van der Waals surface area contributed by atoms with Crippen LogP contribution in [0.15, 0.2) is 18.2 Å². The molecule has 41 heavy (non-hydrogen) atoms. The van der Waals surface area contributed by atoms with E-state index in [1.54, 1.807) is 4.90 Å². The van der Waals surface area contributed by atoms with Gasteiger partial charge in [-0.2, -0.15) is 0 Å². The lowest BCUT2D eigenvalue weighted by Gasteiger charge is -2.40. The van der Waals surface area contributed by atoms with E-state index in [1.807, 2.05) is 25.1 Å². The van der Waals surface area contributed by atoms with Crippen LogP contribution in [0, 0.1) is 5.92 Å². The molecule has 3 aliphatic rings. The van der Waals surface area contributed by atoms with Crippen molar-refractivity contribution in [2.45, 2.75) is 115 Å². The second kappa shape index (κ2) is 14.5. The number of Topliss-reactive ketones (excluding diaryl/α,β-unsaturated/α-hetero) is 1. The number of carbonyl (C=O) groups excluding carboxylic acids is 5. The predicted octanol–water partition coefficient (Wildman–Crippen LogP) is 2.69. The van der Waals surface area contributed by atoms with E-state index in [1.165, 1.54) is 0 Å². The molecule has 4 amide bonds. The molecule has 2 aliphatic heterocycles. The number of hydrogen-bond acceptors (Lipinski definition) is 6. The summed E-state index contributed by atoms with van der Waals surface area (Å²) in [6, 6.07) is 3.04. The van der Waals surface area contributed by atoms with Gasteiger partial charge in [-0.15, -0.1) is 0 Å². The molecular formula is C31H44N4O6. The van der Waals surface area contributed by atoms with Gasteiger partial charge < -0.3 is 26.0 Å². The van der Waals surface area contributed by atoms with E-state index in [2.05, 4.69) is 10.6 Å². The van der Waals surface area contributed by atoms with E-state index in [-0.39, 0.29) is 37.1 Å². The third-order valence-electron chi connectivity index (χ3n) is 8.62. The van der Waals surface area contributed by atoms with Crippen LogP contribution in [0.25, 0.3) is 0 Å². The third-order valence-corrected chi connectivity index (χ3v) is 8.62. The summed E-state index contributed by atoms with van der Waals surface area (Å²) in [5, 5.41) is 5.78. The Morgan fingerprint density at radius 1 is 1.05 bits per heavy atom. The van der Waals surface area contributed by atoms with Crippen LogP contribution in [0.2, 0.25) is 0 Å². The van der Waals surface area contributed by atoms with E-state index in [0.717, 1.165) is 74.7 Å². The van der Waals surface area contributed by atoms with E-state index >= 15 is 0 Å². The van der Waals surface area contributed by atoms with Gasteiger partial charge in [0.15, 0.2) is 0 Å². The van der Waals surface area contributed by atoms with Crippen molar-refractivity contribution < 1.29 is 28.7 Å². The zero-order chi connectivity index (χ0) is 29.4. The number of hydrogen-bond donors (Lipinski definition) is 3. The van der Waals surface area contributed by atoms with Crippen molar-refractivity contribution in [3.63, 3.8) is 0 Å². The summed E-state index contributed by atoms with van der Waals surface area (Å²) in [6.45, 7) is 2.58. The average Bonchev–Trinajstić information content (AvgIpc) is 2.97. The lowest BCUT2D eigenvalue weighted by molar-refractivity contribution is -0.147. The van der Waals surface area contributed by atoms with Crippen LogP contribution in [0.3, 0.4) is 0 Å². The zero-order valence-electron chi connectivity index (χ0n) is 24.1. The van der Waals surface area contributed by atoms with E-state index in [0.29, 0.717) is 19.4 Å². The Bertz CT molecular complexity index is 1130. The monoisotopic (exact) mass is 568 g/mol. The van der Waals surface area contributed by atoms with Crippen molar-refractivity contribution >= 4 is 29.4 Å². The average molecular weight is 569 g/mol. The first-order valence-corrected chi connectivity index (χ1v) is 15.3. The van der Waals surface area contributed by atoms with Gasteiger partial charge in [-0.3, -0.25) is 24.0 Å². The highest BCUT2D eigenvalue weighted by Crippen LogP contribution is 2.32. The fourth-order valence-corrected chi connectivity index (χ4v) is 6.32. The van der Waals surface area contributed by atoms with Gasteiger partial charge in [0.2, 0.25) is 23.5 Å². The standard InChI is InChI=1S/C31H44N4O6/c1-2-10-24(28(37)29(32)38)33-30(39)25-18-21-14-15-23-17-22(21)19-35(25)31(40)27(20-11-6-5-7-12-20)34-26(36)13-8-3-4-9-16-41-23/h14-15,17,20,24-25,27H,2-13,16,18-19H2,1H3,(H2,32,38)(H,33,39)(H,34,36)/t24?,25?,27-/m0/s1. The molecule has 1 fully saturated rings. The Morgan fingerprint density at radius 2 is 1.78 bits per heavy atom. The molecule has 2 unspecified atom stereocenters. The first kappa shape index (κ1) is 30.5. The number of benzene rings is 1. The smallest absolute Gasteiger partial charge is 0.287 e. The molecule has 2 heterocycles. The van der Waals surface area contributed by atoms with Crippen LogP contribution in [-0.2, 0) is 36.9 Å². The number of amides is 4. The topological polar surface area (TPSA) is 148 Å². The van der Waals surface area contributed by atoms with Crippen molar-refractivity contribution in [3.8, 4) is 5.75 Å². The van der Waals surface area contributed by atoms with Gasteiger partial charge in [-0.1, -0.05) is 51.5 Å². The van der Waals surface area contributed by atoms with Gasteiger partial charge in [0.05, 0.1) is 12.6 Å². The minimum Gasteiger partial charge on any atom is -0.494 e. The van der Waals surface area contributed by atoms with E-state index in [4.69, 9.17) is 10.5 Å². The normalized spacial score (nSPS) is 23.3. The van der Waals surface area contributed by atoms with Gasteiger partial charge in [0.1, 0.15) is 17.8 Å². The van der Waals surface area contributed by atoms with Crippen molar-refractivity contribution in [2.75, 3.05) is 6.61 Å². The quantitative estimate of drug-likeness (QED) is 0.431. The molecule has 0 spiro atoms. The third kappa shape index (κ3) is 7.86. The summed E-state index contributed by atoms with van der Waals surface area (Å²) < 4.78 is 5.99. The van der Waals surface area contributed by atoms with Crippen LogP contribution >= 0.6 is 0 Å². The Kier molecular flexibility index (Phi) is 10.8. The maximum atomic E-state index is 14.4. The number of ether oxygens (including phenoxy) is 1. The number of nitrogens with two attached hydrogens (primary N) is 1. The first-order valence-electron chi connectivity index (χ1n) is 15.3. The molecule has 10 heteroatoms. The highest BCUT2D eigenvalue weighted by molar-refractivity contribution is 6.37. The summed E-state index contributed by atoms with van der Waals surface area (Å²) in [4.78, 5) is 66.8. The lowest BCUT2D eigenvalue weighted by Crippen LogP contribution is -2.61. The van der Waals surface area contributed by atoms with Crippen LogP contribution in [0.4, 0.5) is 0 Å². The number of ketones is 1. The summed E-state index contributed by atoms with van der Waals surface area (Å²) in [7, 11) is 0. The molecule has 1 aromatic rings. The van der Waals surface area contributed by atoms with Crippen molar-refractivity contribution in [3.05, 3.63) is 29.3 Å². The van der Waals surface area contributed by atoms with Crippen LogP contribution in [0.1, 0.15) is 95.1 Å². The molecule has 3 bridgehead atoms. The molecule has 1 aromatic carbocycles. The molecular weight excluding hydrogens is 524 g/mol. The van der Waals surface area contributed by atoms with Gasteiger partial charge in [0, 0.05) is 19.4 Å². The first-order chi connectivity index (χ1) is 19.8.